The van der Waals surface area contributed by atoms with Crippen LogP contribution in [0.4, 0.5) is 0 Å². The molecule has 1 atom stereocenters. The van der Waals surface area contributed by atoms with Crippen LogP contribution in [0.25, 0.3) is 0 Å². The summed E-state index contributed by atoms with van der Waals surface area (Å²) in [6, 6.07) is 0. The number of rotatable bonds is 3. The van der Waals surface area contributed by atoms with Gasteiger partial charge in [-0.05, 0) is 50.0 Å². The Labute approximate surface area is 86.3 Å². The van der Waals surface area contributed by atoms with Crippen LogP contribution in [0.1, 0.15) is 39.0 Å². The zero-order chi connectivity index (χ0) is 9.81. The van der Waals surface area contributed by atoms with Crippen molar-refractivity contribution in [3.8, 4) is 0 Å². The Morgan fingerprint density at radius 2 is 2.00 bits per heavy atom. The fraction of sp³-hybridized carbons (Fsp3) is 1.00. The predicted molar refractivity (Wildman–Crippen MR) is 56.1 cm³/mol. The molecule has 1 aliphatic heterocycles. The number of hydrogen-bond donors (Lipinski definition) is 1. The molecule has 2 heteroatoms. The van der Waals surface area contributed by atoms with E-state index in [9.17, 15) is 0 Å². The second-order valence-corrected chi connectivity index (χ2v) is 5.88. The summed E-state index contributed by atoms with van der Waals surface area (Å²) in [5, 5.41) is 9.16. The Kier molecular flexibility index (Phi) is 1.79. The lowest BCUT2D eigenvalue weighted by Crippen LogP contribution is -2.41. The zero-order valence-corrected chi connectivity index (χ0v) is 9.13. The Bertz CT molecular complexity index is 243. The molecule has 3 aliphatic rings. The highest BCUT2D eigenvalue weighted by molar-refractivity contribution is 5.20. The minimum absolute atomic E-state index is 0.392. The fourth-order valence-electron chi connectivity index (χ4n) is 3.44. The Morgan fingerprint density at radius 3 is 2.43 bits per heavy atom. The quantitative estimate of drug-likeness (QED) is 0.740. The molecule has 0 radical (unpaired) electrons. The van der Waals surface area contributed by atoms with Crippen molar-refractivity contribution in [3.63, 3.8) is 0 Å². The van der Waals surface area contributed by atoms with Crippen LogP contribution in [0, 0.1) is 11.3 Å². The number of nitrogens with zero attached hydrogens (tertiary/aromatic N) is 1. The van der Waals surface area contributed by atoms with Gasteiger partial charge in [0.15, 0.2) is 0 Å². The Balaban J connectivity index is 1.71. The second-order valence-electron chi connectivity index (χ2n) is 5.88. The first-order valence-corrected chi connectivity index (χ1v) is 6.06. The lowest BCUT2D eigenvalue weighted by Gasteiger charge is -2.33. The second kappa shape index (κ2) is 2.73. The van der Waals surface area contributed by atoms with Crippen molar-refractivity contribution in [1.82, 2.24) is 4.90 Å². The number of likely N-dealkylation sites (tertiary alicyclic amines) is 1. The minimum Gasteiger partial charge on any atom is -0.396 e. The van der Waals surface area contributed by atoms with Gasteiger partial charge in [0.25, 0.3) is 0 Å². The van der Waals surface area contributed by atoms with Gasteiger partial charge in [0, 0.05) is 18.7 Å². The van der Waals surface area contributed by atoms with Gasteiger partial charge in [-0.3, -0.25) is 4.90 Å². The van der Waals surface area contributed by atoms with Crippen LogP contribution in [0.5, 0.6) is 0 Å². The van der Waals surface area contributed by atoms with Gasteiger partial charge in [-0.15, -0.1) is 0 Å². The maximum absolute atomic E-state index is 9.16. The van der Waals surface area contributed by atoms with Gasteiger partial charge < -0.3 is 5.11 Å². The molecule has 1 unspecified atom stereocenters. The first-order valence-electron chi connectivity index (χ1n) is 6.06. The van der Waals surface area contributed by atoms with Crippen LogP contribution >= 0.6 is 0 Å². The highest BCUT2D eigenvalue weighted by Gasteiger charge is 2.65. The molecule has 0 aromatic carbocycles. The van der Waals surface area contributed by atoms with Crippen molar-refractivity contribution in [2.45, 2.75) is 44.6 Å². The monoisotopic (exact) mass is 195 g/mol. The topological polar surface area (TPSA) is 23.5 Å². The molecule has 2 saturated carbocycles. The van der Waals surface area contributed by atoms with Gasteiger partial charge in [-0.25, -0.2) is 0 Å². The molecule has 0 aromatic rings. The normalized spacial score (nSPS) is 38.6. The summed E-state index contributed by atoms with van der Waals surface area (Å²) in [7, 11) is 0. The largest absolute Gasteiger partial charge is 0.396 e. The molecule has 0 amide bonds. The third-order valence-corrected chi connectivity index (χ3v) is 5.00. The molecule has 80 valence electrons. The highest BCUT2D eigenvalue weighted by atomic mass is 16.3. The van der Waals surface area contributed by atoms with Crippen molar-refractivity contribution in [3.05, 3.63) is 0 Å². The molecular weight excluding hydrogens is 174 g/mol. The van der Waals surface area contributed by atoms with E-state index in [4.69, 9.17) is 5.11 Å². The summed E-state index contributed by atoms with van der Waals surface area (Å²) in [4.78, 5) is 2.70. The number of aliphatic hydroxyl groups excluding tert-OH is 1. The van der Waals surface area contributed by atoms with E-state index in [1.54, 1.807) is 0 Å². The fourth-order valence-corrected chi connectivity index (χ4v) is 3.44. The van der Waals surface area contributed by atoms with Crippen LogP contribution in [0.2, 0.25) is 0 Å². The first-order chi connectivity index (χ1) is 6.70. The van der Waals surface area contributed by atoms with Gasteiger partial charge in [0.1, 0.15) is 0 Å². The van der Waals surface area contributed by atoms with Crippen LogP contribution < -0.4 is 0 Å². The SMILES string of the molecule is CC1(C2(N3CCC(CO)C3)CC2)CC1. The maximum Gasteiger partial charge on any atom is 0.0471 e. The lowest BCUT2D eigenvalue weighted by molar-refractivity contribution is 0.131. The zero-order valence-electron chi connectivity index (χ0n) is 9.13. The minimum atomic E-state index is 0.392. The van der Waals surface area contributed by atoms with E-state index in [0.29, 0.717) is 23.5 Å². The average molecular weight is 195 g/mol. The van der Waals surface area contributed by atoms with E-state index >= 15 is 0 Å². The summed E-state index contributed by atoms with van der Waals surface area (Å²) in [5.41, 5.74) is 1.23. The van der Waals surface area contributed by atoms with Crippen molar-refractivity contribution in [2.75, 3.05) is 19.7 Å². The Morgan fingerprint density at radius 1 is 1.29 bits per heavy atom. The third kappa shape index (κ3) is 1.10. The van der Waals surface area contributed by atoms with Crippen LogP contribution in [-0.2, 0) is 0 Å². The molecular formula is C12H21NO. The van der Waals surface area contributed by atoms with Gasteiger partial charge >= 0.3 is 0 Å². The molecule has 0 aromatic heterocycles. The summed E-state index contributed by atoms with van der Waals surface area (Å²) in [6.45, 7) is 5.25. The molecule has 0 spiro atoms. The summed E-state index contributed by atoms with van der Waals surface area (Å²) in [5.74, 6) is 0.565. The third-order valence-electron chi connectivity index (χ3n) is 5.00. The predicted octanol–water partition coefficient (Wildman–Crippen LogP) is 1.63. The smallest absolute Gasteiger partial charge is 0.0471 e. The summed E-state index contributed by atoms with van der Waals surface area (Å²) < 4.78 is 0. The van der Waals surface area contributed by atoms with Crippen molar-refractivity contribution in [1.29, 1.82) is 0 Å². The van der Waals surface area contributed by atoms with Crippen molar-refractivity contribution >= 4 is 0 Å². The number of aliphatic hydroxyl groups is 1. The van der Waals surface area contributed by atoms with Crippen LogP contribution in [-0.4, -0.2) is 35.2 Å². The van der Waals surface area contributed by atoms with E-state index in [2.05, 4.69) is 11.8 Å². The van der Waals surface area contributed by atoms with Gasteiger partial charge in [-0.2, -0.15) is 0 Å². The molecule has 0 bridgehead atoms. The van der Waals surface area contributed by atoms with E-state index in [-0.39, 0.29) is 0 Å². The average Bonchev–Trinajstić information content (AvgIpc) is 3.08. The molecule has 2 aliphatic carbocycles. The molecule has 1 heterocycles. The molecule has 3 rings (SSSR count). The molecule has 3 fully saturated rings. The number of hydrogen-bond acceptors (Lipinski definition) is 2. The first kappa shape index (κ1) is 9.17. The van der Waals surface area contributed by atoms with Crippen LogP contribution in [0.3, 0.4) is 0 Å². The highest BCUT2D eigenvalue weighted by Crippen LogP contribution is 2.67. The van der Waals surface area contributed by atoms with E-state index in [1.165, 1.54) is 38.6 Å². The van der Waals surface area contributed by atoms with Crippen molar-refractivity contribution in [2.24, 2.45) is 11.3 Å². The van der Waals surface area contributed by atoms with E-state index in [1.807, 2.05) is 0 Å². The van der Waals surface area contributed by atoms with Gasteiger partial charge in [-0.1, -0.05) is 6.92 Å². The Hall–Kier alpha value is -0.0800. The van der Waals surface area contributed by atoms with Crippen LogP contribution in [0.15, 0.2) is 0 Å². The molecule has 14 heavy (non-hydrogen) atoms. The summed E-state index contributed by atoms with van der Waals surface area (Å²) >= 11 is 0. The van der Waals surface area contributed by atoms with Crippen molar-refractivity contribution < 1.29 is 5.11 Å². The van der Waals surface area contributed by atoms with Gasteiger partial charge in [0.05, 0.1) is 0 Å². The molecule has 2 nitrogen and oxygen atoms in total. The lowest BCUT2D eigenvalue weighted by atomic mass is 9.94. The van der Waals surface area contributed by atoms with E-state index in [0.717, 1.165) is 6.54 Å². The van der Waals surface area contributed by atoms with Gasteiger partial charge in [0.2, 0.25) is 0 Å². The maximum atomic E-state index is 9.16. The molecule has 1 saturated heterocycles. The molecule has 1 N–H and O–H groups in total. The standard InChI is InChI=1S/C12H21NO/c1-11(3-4-11)12(5-6-12)13-7-2-10(8-13)9-14/h10,14H,2-9H2,1H3. The summed E-state index contributed by atoms with van der Waals surface area (Å²) in [6.07, 6.45) is 6.93. The van der Waals surface area contributed by atoms with E-state index < -0.39 is 0 Å².